The summed E-state index contributed by atoms with van der Waals surface area (Å²) in [5.74, 6) is 0.0282. The molecule has 0 saturated carbocycles. The van der Waals surface area contributed by atoms with Crippen LogP contribution in [-0.2, 0) is 9.53 Å². The summed E-state index contributed by atoms with van der Waals surface area (Å²) in [6, 6.07) is 4.17. The molecule has 1 aliphatic rings. The second kappa shape index (κ2) is 6.74. The molecule has 4 rings (SSSR count). The van der Waals surface area contributed by atoms with E-state index in [1.54, 1.807) is 11.3 Å². The van der Waals surface area contributed by atoms with Crippen molar-refractivity contribution in [3.63, 3.8) is 0 Å². The summed E-state index contributed by atoms with van der Waals surface area (Å²) < 4.78 is 6.37. The van der Waals surface area contributed by atoms with Crippen molar-refractivity contribution in [1.82, 2.24) is 14.6 Å². The molecule has 1 fully saturated rings. The highest BCUT2D eigenvalue weighted by atomic mass is 32.1. The van der Waals surface area contributed by atoms with Crippen LogP contribution in [0.2, 0.25) is 0 Å². The Kier molecular flexibility index (Phi) is 4.45. The minimum absolute atomic E-state index is 0.0198. The Labute approximate surface area is 152 Å². The molecule has 0 aromatic carbocycles. The number of nitrogens with one attached hydrogen (secondary N) is 1. The first-order valence-electron chi connectivity index (χ1n) is 8.16. The van der Waals surface area contributed by atoms with Crippen LogP contribution in [0.5, 0.6) is 5.88 Å². The van der Waals surface area contributed by atoms with Crippen LogP contribution in [0.15, 0.2) is 23.8 Å². The van der Waals surface area contributed by atoms with Crippen molar-refractivity contribution in [2.24, 2.45) is 5.92 Å². The summed E-state index contributed by atoms with van der Waals surface area (Å²) in [6.07, 6.45) is 3.04. The number of hydrogen-bond donors (Lipinski definition) is 2. The molecule has 0 amide bonds. The molecule has 0 unspecified atom stereocenters. The lowest BCUT2D eigenvalue weighted by atomic mass is 9.95. The highest BCUT2D eigenvalue weighted by Crippen LogP contribution is 2.36. The number of quaternary nitrogens is 1. The number of thiophene rings is 1. The zero-order chi connectivity index (χ0) is 17.4. The average molecular weight is 379 g/mol. The summed E-state index contributed by atoms with van der Waals surface area (Å²) >= 11 is 3.16. The summed E-state index contributed by atoms with van der Waals surface area (Å²) in [6.45, 7) is 1.71. The van der Waals surface area contributed by atoms with E-state index in [2.05, 4.69) is 21.5 Å². The number of nitrogens with zero attached hydrogens (tertiary/aromatic N) is 3. The molecule has 0 bridgehead atoms. The summed E-state index contributed by atoms with van der Waals surface area (Å²) in [5.41, 5.74) is 0. The quantitative estimate of drug-likeness (QED) is 0.664. The number of likely N-dealkylation sites (tertiary alicyclic amines) is 1. The Hall–Kier alpha value is -1.97. The van der Waals surface area contributed by atoms with Gasteiger partial charge in [-0.15, -0.1) is 11.3 Å². The molecule has 1 atom stereocenters. The van der Waals surface area contributed by atoms with Gasteiger partial charge in [0.1, 0.15) is 11.2 Å². The highest BCUT2D eigenvalue weighted by molar-refractivity contribution is 7.17. The molecule has 3 aromatic rings. The van der Waals surface area contributed by atoms with E-state index in [0.29, 0.717) is 4.96 Å². The van der Waals surface area contributed by atoms with Gasteiger partial charge in [0.05, 0.1) is 31.0 Å². The van der Waals surface area contributed by atoms with Crippen LogP contribution in [-0.4, -0.2) is 45.9 Å². The number of carbonyl (C=O) groups is 1. The van der Waals surface area contributed by atoms with Gasteiger partial charge < -0.3 is 14.7 Å². The number of aromatic nitrogens is 3. The number of hydrogen-bond acceptors (Lipinski definition) is 7. The molecule has 25 heavy (non-hydrogen) atoms. The molecule has 2 N–H and O–H groups in total. The van der Waals surface area contributed by atoms with Gasteiger partial charge in [0.25, 0.3) is 0 Å². The van der Waals surface area contributed by atoms with Gasteiger partial charge in [0.2, 0.25) is 10.8 Å². The molecule has 1 saturated heterocycles. The highest BCUT2D eigenvalue weighted by Gasteiger charge is 2.37. The number of methoxy groups -OCH3 is 1. The first-order chi connectivity index (χ1) is 12.2. The van der Waals surface area contributed by atoms with Crippen molar-refractivity contribution in [3.8, 4) is 5.88 Å². The molecule has 0 radical (unpaired) electrons. The number of aromatic hydroxyl groups is 1. The third-order valence-electron chi connectivity index (χ3n) is 4.80. The SMILES string of the molecule is COC(=O)C1CC[NH+]([C@@H](c2cccs2)c2sc3ncnn3c2O)CC1. The fourth-order valence-corrected chi connectivity index (χ4v) is 5.61. The second-order valence-electron chi connectivity index (χ2n) is 6.15. The average Bonchev–Trinajstić information content (AvgIpc) is 3.36. The van der Waals surface area contributed by atoms with E-state index in [-0.39, 0.29) is 23.8 Å². The van der Waals surface area contributed by atoms with E-state index in [1.165, 1.54) is 39.1 Å². The van der Waals surface area contributed by atoms with Crippen LogP contribution < -0.4 is 4.90 Å². The topological polar surface area (TPSA) is 81.2 Å². The maximum atomic E-state index is 11.8. The Morgan fingerprint density at radius 2 is 2.28 bits per heavy atom. The molecule has 3 aromatic heterocycles. The minimum atomic E-state index is -0.117. The van der Waals surface area contributed by atoms with Crippen molar-refractivity contribution >= 4 is 33.6 Å². The lowest BCUT2D eigenvalue weighted by molar-refractivity contribution is -0.930. The number of ether oxygens (including phenoxy) is 1. The number of rotatable bonds is 4. The van der Waals surface area contributed by atoms with Gasteiger partial charge in [-0.1, -0.05) is 17.4 Å². The van der Waals surface area contributed by atoms with Gasteiger partial charge in [-0.2, -0.15) is 9.61 Å². The maximum Gasteiger partial charge on any atom is 0.309 e. The van der Waals surface area contributed by atoms with Gasteiger partial charge in [-0.3, -0.25) is 4.79 Å². The van der Waals surface area contributed by atoms with Crippen molar-refractivity contribution in [3.05, 3.63) is 33.6 Å². The van der Waals surface area contributed by atoms with E-state index < -0.39 is 0 Å². The number of piperidine rings is 1. The van der Waals surface area contributed by atoms with Crippen molar-refractivity contribution < 1.29 is 19.5 Å². The van der Waals surface area contributed by atoms with E-state index in [1.807, 2.05) is 6.07 Å². The maximum absolute atomic E-state index is 11.8. The van der Waals surface area contributed by atoms with E-state index in [9.17, 15) is 9.90 Å². The first-order valence-corrected chi connectivity index (χ1v) is 9.86. The first kappa shape index (κ1) is 16.5. The van der Waals surface area contributed by atoms with Crippen LogP contribution in [0, 0.1) is 5.92 Å². The standard InChI is InChI=1S/C16H18N4O3S2/c1-23-15(22)10-4-6-19(7-5-10)12(11-3-2-8-24-11)13-14(21)20-16(25-13)17-9-18-20/h2-3,8-10,12,21H,4-7H2,1H3/p+1/t12-/m0/s1. The Morgan fingerprint density at radius 3 is 2.92 bits per heavy atom. The molecule has 4 heterocycles. The lowest BCUT2D eigenvalue weighted by Crippen LogP contribution is -3.13. The number of esters is 1. The number of fused-ring (bicyclic) bond motifs is 1. The van der Waals surface area contributed by atoms with Gasteiger partial charge in [-0.05, 0) is 11.4 Å². The van der Waals surface area contributed by atoms with Crippen LogP contribution >= 0.6 is 22.7 Å². The third-order valence-corrected chi connectivity index (χ3v) is 6.84. The van der Waals surface area contributed by atoms with Crippen LogP contribution in [0.4, 0.5) is 0 Å². The largest absolute Gasteiger partial charge is 0.492 e. The van der Waals surface area contributed by atoms with Gasteiger partial charge in [0, 0.05) is 12.8 Å². The lowest BCUT2D eigenvalue weighted by Gasteiger charge is -2.33. The molecular weight excluding hydrogens is 360 g/mol. The monoisotopic (exact) mass is 379 g/mol. The van der Waals surface area contributed by atoms with Gasteiger partial charge in [0.15, 0.2) is 6.04 Å². The summed E-state index contributed by atoms with van der Waals surface area (Å²) in [5, 5.41) is 16.8. The van der Waals surface area contributed by atoms with Crippen molar-refractivity contribution in [2.75, 3.05) is 20.2 Å². The Bertz CT molecular complexity index is 865. The van der Waals surface area contributed by atoms with E-state index >= 15 is 0 Å². The predicted octanol–water partition coefficient (Wildman–Crippen LogP) is 1.12. The molecule has 7 nitrogen and oxygen atoms in total. The third kappa shape index (κ3) is 2.92. The van der Waals surface area contributed by atoms with Crippen LogP contribution in [0.1, 0.15) is 28.6 Å². The van der Waals surface area contributed by atoms with E-state index in [4.69, 9.17) is 4.74 Å². The summed E-state index contributed by atoms with van der Waals surface area (Å²) in [7, 11) is 1.45. The zero-order valence-corrected chi connectivity index (χ0v) is 15.3. The van der Waals surface area contributed by atoms with Crippen molar-refractivity contribution in [1.29, 1.82) is 0 Å². The van der Waals surface area contributed by atoms with Gasteiger partial charge >= 0.3 is 5.97 Å². The zero-order valence-electron chi connectivity index (χ0n) is 13.7. The molecule has 132 valence electrons. The van der Waals surface area contributed by atoms with Crippen LogP contribution in [0.3, 0.4) is 0 Å². The Balaban J connectivity index is 1.65. The molecule has 0 spiro atoms. The molecular formula is C16H19N4O3S2+. The number of thiazole rings is 1. The molecule has 0 aliphatic carbocycles. The normalized spacial score (nSPS) is 22.1. The second-order valence-corrected chi connectivity index (χ2v) is 8.14. The minimum Gasteiger partial charge on any atom is -0.492 e. The van der Waals surface area contributed by atoms with Gasteiger partial charge in [-0.25, -0.2) is 4.98 Å². The predicted molar refractivity (Wildman–Crippen MR) is 94.1 cm³/mol. The Morgan fingerprint density at radius 1 is 1.48 bits per heavy atom. The van der Waals surface area contributed by atoms with E-state index in [0.717, 1.165) is 30.8 Å². The fraction of sp³-hybridized carbons (Fsp3) is 0.438. The fourth-order valence-electron chi connectivity index (χ4n) is 3.53. The molecule has 9 heteroatoms. The van der Waals surface area contributed by atoms with Crippen molar-refractivity contribution in [2.45, 2.75) is 18.9 Å². The smallest absolute Gasteiger partial charge is 0.309 e. The summed E-state index contributed by atoms with van der Waals surface area (Å²) in [4.78, 5) is 20.1. The van der Waals surface area contributed by atoms with Crippen LogP contribution in [0.25, 0.3) is 4.96 Å². The molecule has 1 aliphatic heterocycles. The number of carbonyl (C=O) groups excluding carboxylic acids is 1.